The molecule has 1 aromatic heterocycles. The molecule has 86 valence electrons. The number of nitrogens with one attached hydrogen (secondary N) is 1. The van der Waals surface area contributed by atoms with Crippen LogP contribution in [-0.2, 0) is 0 Å². The third kappa shape index (κ3) is 2.75. The van der Waals surface area contributed by atoms with Crippen molar-refractivity contribution in [3.63, 3.8) is 0 Å². The van der Waals surface area contributed by atoms with Gasteiger partial charge in [-0.3, -0.25) is 4.79 Å². The van der Waals surface area contributed by atoms with Gasteiger partial charge in [0, 0.05) is 23.5 Å². The maximum atomic E-state index is 10.9. The molecule has 3 nitrogen and oxygen atoms in total. The molecule has 0 saturated carbocycles. The SMILES string of the molecule is O=Cc1ccccc1Nc1cc(Cl)ncc1Cl. The third-order valence-corrected chi connectivity index (χ3v) is 2.69. The number of carbonyl (C=O) groups excluding carboxylic acids is 1. The minimum atomic E-state index is 0.334. The van der Waals surface area contributed by atoms with E-state index in [1.165, 1.54) is 6.20 Å². The highest BCUT2D eigenvalue weighted by Gasteiger charge is 2.05. The maximum absolute atomic E-state index is 10.9. The van der Waals surface area contributed by atoms with Gasteiger partial charge in [-0.1, -0.05) is 35.3 Å². The second-order valence-electron chi connectivity index (χ2n) is 3.32. The zero-order chi connectivity index (χ0) is 12.3. The van der Waals surface area contributed by atoms with Crippen molar-refractivity contribution in [1.29, 1.82) is 0 Å². The summed E-state index contributed by atoms with van der Waals surface area (Å²) in [4.78, 5) is 14.7. The van der Waals surface area contributed by atoms with E-state index in [2.05, 4.69) is 10.3 Å². The van der Waals surface area contributed by atoms with Crippen LogP contribution in [-0.4, -0.2) is 11.3 Å². The Bertz CT molecular complexity index is 558. The number of pyridine rings is 1. The fraction of sp³-hybridized carbons (Fsp3) is 0. The molecule has 0 amide bonds. The average molecular weight is 267 g/mol. The van der Waals surface area contributed by atoms with Crippen molar-refractivity contribution < 1.29 is 4.79 Å². The van der Waals surface area contributed by atoms with E-state index < -0.39 is 0 Å². The summed E-state index contributed by atoms with van der Waals surface area (Å²) in [6.07, 6.45) is 2.23. The van der Waals surface area contributed by atoms with Crippen molar-refractivity contribution in [2.75, 3.05) is 5.32 Å². The van der Waals surface area contributed by atoms with Gasteiger partial charge in [0.05, 0.1) is 10.7 Å². The molecule has 1 heterocycles. The summed E-state index contributed by atoms with van der Waals surface area (Å²) in [5.74, 6) is 0. The number of benzene rings is 1. The lowest BCUT2D eigenvalue weighted by Gasteiger charge is -2.10. The lowest BCUT2D eigenvalue weighted by molar-refractivity contribution is 0.112. The molecule has 17 heavy (non-hydrogen) atoms. The van der Waals surface area contributed by atoms with Crippen LogP contribution in [0.2, 0.25) is 10.2 Å². The highest BCUT2D eigenvalue weighted by molar-refractivity contribution is 6.34. The van der Waals surface area contributed by atoms with E-state index in [-0.39, 0.29) is 0 Å². The number of rotatable bonds is 3. The van der Waals surface area contributed by atoms with E-state index in [4.69, 9.17) is 23.2 Å². The van der Waals surface area contributed by atoms with Crippen LogP contribution in [0.1, 0.15) is 10.4 Å². The first-order valence-corrected chi connectivity index (χ1v) is 5.58. The Morgan fingerprint density at radius 3 is 2.71 bits per heavy atom. The molecule has 1 N–H and O–H groups in total. The van der Waals surface area contributed by atoms with Gasteiger partial charge in [0.2, 0.25) is 0 Å². The quantitative estimate of drug-likeness (QED) is 0.676. The van der Waals surface area contributed by atoms with Gasteiger partial charge < -0.3 is 5.32 Å². The maximum Gasteiger partial charge on any atom is 0.152 e. The number of aromatic nitrogens is 1. The fourth-order valence-electron chi connectivity index (χ4n) is 1.37. The predicted molar refractivity (Wildman–Crippen MR) is 69.4 cm³/mol. The molecule has 1 aromatic carbocycles. The molecule has 0 unspecified atom stereocenters. The van der Waals surface area contributed by atoms with Crippen molar-refractivity contribution in [1.82, 2.24) is 4.98 Å². The second-order valence-corrected chi connectivity index (χ2v) is 4.11. The first kappa shape index (κ1) is 11.9. The van der Waals surface area contributed by atoms with Crippen molar-refractivity contribution in [2.24, 2.45) is 0 Å². The lowest BCUT2D eigenvalue weighted by Crippen LogP contribution is -1.96. The Morgan fingerprint density at radius 2 is 1.94 bits per heavy atom. The van der Waals surface area contributed by atoms with E-state index in [9.17, 15) is 4.79 Å². The number of para-hydroxylation sites is 1. The smallest absolute Gasteiger partial charge is 0.152 e. The average Bonchev–Trinajstić information content (AvgIpc) is 2.34. The summed E-state index contributed by atoms with van der Waals surface area (Å²) in [5.41, 5.74) is 1.84. The van der Waals surface area contributed by atoms with Gasteiger partial charge in [-0.25, -0.2) is 4.98 Å². The largest absolute Gasteiger partial charge is 0.354 e. The van der Waals surface area contributed by atoms with E-state index in [1.807, 2.05) is 6.07 Å². The summed E-state index contributed by atoms with van der Waals surface area (Å²) in [6, 6.07) is 8.72. The van der Waals surface area contributed by atoms with Crippen LogP contribution in [0.5, 0.6) is 0 Å². The third-order valence-electron chi connectivity index (χ3n) is 2.18. The topological polar surface area (TPSA) is 42.0 Å². The summed E-state index contributed by atoms with van der Waals surface area (Å²) in [6.45, 7) is 0. The van der Waals surface area contributed by atoms with Crippen molar-refractivity contribution in [3.8, 4) is 0 Å². The summed E-state index contributed by atoms with van der Waals surface area (Å²) in [7, 11) is 0. The van der Waals surface area contributed by atoms with Crippen molar-refractivity contribution in [2.45, 2.75) is 0 Å². The van der Waals surface area contributed by atoms with E-state index in [1.54, 1.807) is 24.3 Å². The van der Waals surface area contributed by atoms with E-state index >= 15 is 0 Å². The van der Waals surface area contributed by atoms with Gasteiger partial charge >= 0.3 is 0 Å². The van der Waals surface area contributed by atoms with Gasteiger partial charge in [0.15, 0.2) is 6.29 Å². The molecule has 0 fully saturated rings. The van der Waals surface area contributed by atoms with E-state index in [0.29, 0.717) is 27.1 Å². The molecule has 0 atom stereocenters. The van der Waals surface area contributed by atoms with Gasteiger partial charge in [-0.2, -0.15) is 0 Å². The lowest BCUT2D eigenvalue weighted by atomic mass is 10.2. The van der Waals surface area contributed by atoms with Crippen LogP contribution in [0.4, 0.5) is 11.4 Å². The number of hydrogen-bond donors (Lipinski definition) is 1. The minimum Gasteiger partial charge on any atom is -0.354 e. The summed E-state index contributed by atoms with van der Waals surface area (Å²) in [5, 5.41) is 3.82. The number of anilines is 2. The molecular formula is C12H8Cl2N2O. The standard InChI is InChI=1S/C12H8Cl2N2O/c13-9-6-15-12(14)5-11(9)16-10-4-2-1-3-8(10)7-17/h1-7H,(H,15,16). The van der Waals surface area contributed by atoms with Gasteiger partial charge in [-0.15, -0.1) is 0 Å². The van der Waals surface area contributed by atoms with Crippen LogP contribution < -0.4 is 5.32 Å². The van der Waals surface area contributed by atoms with Crippen LogP contribution >= 0.6 is 23.2 Å². The zero-order valence-electron chi connectivity index (χ0n) is 8.65. The molecule has 0 aliphatic rings. The Hall–Kier alpha value is -1.58. The Morgan fingerprint density at radius 1 is 1.18 bits per heavy atom. The van der Waals surface area contributed by atoms with Gasteiger partial charge in [0.1, 0.15) is 5.15 Å². The first-order chi connectivity index (χ1) is 8.20. The molecule has 0 bridgehead atoms. The Labute approximate surface area is 108 Å². The van der Waals surface area contributed by atoms with Crippen LogP contribution in [0.15, 0.2) is 36.5 Å². The molecule has 0 radical (unpaired) electrons. The summed E-state index contributed by atoms with van der Waals surface area (Å²) >= 11 is 11.7. The first-order valence-electron chi connectivity index (χ1n) is 4.83. The summed E-state index contributed by atoms with van der Waals surface area (Å²) < 4.78 is 0. The normalized spacial score (nSPS) is 10.0. The monoisotopic (exact) mass is 266 g/mol. The number of halogens is 2. The van der Waals surface area contributed by atoms with Gasteiger partial charge in [0.25, 0.3) is 0 Å². The molecule has 0 aliphatic carbocycles. The highest BCUT2D eigenvalue weighted by atomic mass is 35.5. The fourth-order valence-corrected chi connectivity index (χ4v) is 1.68. The molecular weight excluding hydrogens is 259 g/mol. The molecule has 2 rings (SSSR count). The van der Waals surface area contributed by atoms with Crippen LogP contribution in [0.25, 0.3) is 0 Å². The predicted octanol–water partition coefficient (Wildman–Crippen LogP) is 3.94. The molecule has 5 heteroatoms. The number of hydrogen-bond acceptors (Lipinski definition) is 3. The Balaban J connectivity index is 2.37. The highest BCUT2D eigenvalue weighted by Crippen LogP contribution is 2.27. The molecule has 0 saturated heterocycles. The Kier molecular flexibility index (Phi) is 3.61. The van der Waals surface area contributed by atoms with Crippen molar-refractivity contribution in [3.05, 3.63) is 52.3 Å². The molecule has 0 aliphatic heterocycles. The second kappa shape index (κ2) is 5.17. The van der Waals surface area contributed by atoms with Gasteiger partial charge in [-0.05, 0) is 12.1 Å². The minimum absolute atomic E-state index is 0.334. The molecule has 0 spiro atoms. The van der Waals surface area contributed by atoms with Crippen LogP contribution in [0, 0.1) is 0 Å². The zero-order valence-corrected chi connectivity index (χ0v) is 10.2. The van der Waals surface area contributed by atoms with E-state index in [0.717, 1.165) is 6.29 Å². The molecule has 2 aromatic rings. The number of nitrogens with zero attached hydrogens (tertiary/aromatic N) is 1. The van der Waals surface area contributed by atoms with Crippen molar-refractivity contribution >= 4 is 40.9 Å². The number of aldehydes is 1. The number of carbonyl (C=O) groups is 1. The van der Waals surface area contributed by atoms with Crippen LogP contribution in [0.3, 0.4) is 0 Å².